The molecule has 0 aromatic heterocycles. The molecule has 0 unspecified atom stereocenters. The van der Waals surface area contributed by atoms with Crippen LogP contribution in [0.3, 0.4) is 0 Å². The van der Waals surface area contributed by atoms with E-state index in [2.05, 4.69) is 5.32 Å². The van der Waals surface area contributed by atoms with Crippen molar-refractivity contribution >= 4 is 23.4 Å². The Labute approximate surface area is 123 Å². The van der Waals surface area contributed by atoms with E-state index in [0.29, 0.717) is 36.8 Å². The lowest BCUT2D eigenvalue weighted by Gasteiger charge is -2.20. The van der Waals surface area contributed by atoms with Crippen LogP contribution in [-0.2, 0) is 9.53 Å². The molecule has 6 heteroatoms. The first kappa shape index (κ1) is 16.5. The van der Waals surface area contributed by atoms with Crippen molar-refractivity contribution in [2.24, 2.45) is 0 Å². The number of amides is 2. The van der Waals surface area contributed by atoms with Crippen molar-refractivity contribution in [2.75, 3.05) is 33.4 Å². The number of benzene rings is 1. The quantitative estimate of drug-likeness (QED) is 0.831. The maximum Gasteiger partial charge on any atom is 0.251 e. The molecular formula is C14H19ClN2O3. The second-order valence-electron chi connectivity index (χ2n) is 4.26. The van der Waals surface area contributed by atoms with Crippen molar-refractivity contribution in [3.63, 3.8) is 0 Å². The van der Waals surface area contributed by atoms with Gasteiger partial charge in [-0.3, -0.25) is 9.59 Å². The van der Waals surface area contributed by atoms with Gasteiger partial charge in [0.2, 0.25) is 5.91 Å². The van der Waals surface area contributed by atoms with Crippen LogP contribution in [0.25, 0.3) is 0 Å². The normalized spacial score (nSPS) is 10.2. The zero-order valence-electron chi connectivity index (χ0n) is 11.7. The van der Waals surface area contributed by atoms with Crippen LogP contribution < -0.4 is 5.32 Å². The van der Waals surface area contributed by atoms with Gasteiger partial charge >= 0.3 is 0 Å². The van der Waals surface area contributed by atoms with Crippen LogP contribution in [-0.4, -0.2) is 50.1 Å². The topological polar surface area (TPSA) is 58.6 Å². The third kappa shape index (κ3) is 5.59. The van der Waals surface area contributed by atoms with Gasteiger partial charge in [0, 0.05) is 44.3 Å². The minimum atomic E-state index is -0.183. The second-order valence-corrected chi connectivity index (χ2v) is 4.70. The third-order valence-corrected chi connectivity index (χ3v) is 3.04. The fourth-order valence-electron chi connectivity index (χ4n) is 1.64. The highest BCUT2D eigenvalue weighted by molar-refractivity contribution is 6.30. The van der Waals surface area contributed by atoms with E-state index in [1.54, 1.807) is 36.3 Å². The molecule has 2 amide bonds. The molecule has 1 aromatic rings. The number of rotatable bonds is 7. The summed E-state index contributed by atoms with van der Waals surface area (Å²) in [5.74, 6) is -0.222. The van der Waals surface area contributed by atoms with E-state index in [0.717, 1.165) is 0 Å². The summed E-state index contributed by atoms with van der Waals surface area (Å²) in [5.41, 5.74) is 0.542. The average Bonchev–Trinajstić information content (AvgIpc) is 2.42. The van der Waals surface area contributed by atoms with Crippen molar-refractivity contribution in [1.82, 2.24) is 10.2 Å². The van der Waals surface area contributed by atoms with E-state index in [4.69, 9.17) is 16.3 Å². The van der Waals surface area contributed by atoms with Gasteiger partial charge in [-0.05, 0) is 24.3 Å². The molecule has 110 valence electrons. The lowest BCUT2D eigenvalue weighted by Crippen LogP contribution is -2.39. The molecule has 0 spiro atoms. The number of carbonyl (C=O) groups excluding carboxylic acids is 2. The Kier molecular flexibility index (Phi) is 7.04. The first-order valence-electron chi connectivity index (χ1n) is 6.33. The van der Waals surface area contributed by atoms with Gasteiger partial charge in [-0.2, -0.15) is 0 Å². The second kappa shape index (κ2) is 8.55. The van der Waals surface area contributed by atoms with Crippen LogP contribution in [0.15, 0.2) is 24.3 Å². The Morgan fingerprint density at radius 3 is 2.45 bits per heavy atom. The Hall–Kier alpha value is -1.59. The number of methoxy groups -OCH3 is 1. The van der Waals surface area contributed by atoms with Gasteiger partial charge in [0.05, 0.1) is 6.61 Å². The Bertz CT molecular complexity index is 448. The van der Waals surface area contributed by atoms with Crippen LogP contribution >= 0.6 is 11.6 Å². The third-order valence-electron chi connectivity index (χ3n) is 2.78. The molecule has 0 fully saturated rings. The molecule has 0 aliphatic carbocycles. The van der Waals surface area contributed by atoms with Crippen molar-refractivity contribution < 1.29 is 14.3 Å². The first-order valence-corrected chi connectivity index (χ1v) is 6.70. The molecule has 1 aromatic carbocycles. The molecule has 0 heterocycles. The largest absolute Gasteiger partial charge is 0.383 e. The van der Waals surface area contributed by atoms with E-state index in [1.165, 1.54) is 6.92 Å². The maximum atomic E-state index is 11.8. The minimum absolute atomic E-state index is 0.0391. The summed E-state index contributed by atoms with van der Waals surface area (Å²) in [4.78, 5) is 24.8. The zero-order chi connectivity index (χ0) is 15.0. The van der Waals surface area contributed by atoms with Crippen LogP contribution in [0.4, 0.5) is 0 Å². The zero-order valence-corrected chi connectivity index (χ0v) is 12.4. The van der Waals surface area contributed by atoms with E-state index in [1.807, 2.05) is 0 Å². The number of hydrogen-bond donors (Lipinski definition) is 1. The summed E-state index contributed by atoms with van der Waals surface area (Å²) >= 11 is 5.76. The summed E-state index contributed by atoms with van der Waals surface area (Å²) < 4.78 is 4.94. The molecule has 0 aliphatic heterocycles. The lowest BCUT2D eigenvalue weighted by molar-refractivity contribution is -0.129. The number of hydrogen-bond acceptors (Lipinski definition) is 3. The Morgan fingerprint density at radius 1 is 1.25 bits per heavy atom. The standard InChI is InChI=1S/C14H19ClN2O3/c1-11(18)17(9-10-20-2)8-7-16-14(19)12-3-5-13(15)6-4-12/h3-6H,7-10H2,1-2H3,(H,16,19). The van der Waals surface area contributed by atoms with Crippen molar-refractivity contribution in [2.45, 2.75) is 6.92 Å². The van der Waals surface area contributed by atoms with Gasteiger partial charge in [-0.15, -0.1) is 0 Å². The predicted octanol–water partition coefficient (Wildman–Crippen LogP) is 1.56. The molecule has 0 radical (unpaired) electrons. The fraction of sp³-hybridized carbons (Fsp3) is 0.429. The highest BCUT2D eigenvalue weighted by atomic mass is 35.5. The monoisotopic (exact) mass is 298 g/mol. The molecule has 0 atom stereocenters. The molecule has 0 bridgehead atoms. The SMILES string of the molecule is COCCN(CCNC(=O)c1ccc(Cl)cc1)C(C)=O. The van der Waals surface area contributed by atoms with Gasteiger partial charge < -0.3 is 15.0 Å². The minimum Gasteiger partial charge on any atom is -0.383 e. The smallest absolute Gasteiger partial charge is 0.251 e. The van der Waals surface area contributed by atoms with Gasteiger partial charge in [0.15, 0.2) is 0 Å². The molecular weight excluding hydrogens is 280 g/mol. The van der Waals surface area contributed by atoms with Crippen LogP contribution in [0, 0.1) is 0 Å². The summed E-state index contributed by atoms with van der Waals surface area (Å²) in [5, 5.41) is 3.35. The van der Waals surface area contributed by atoms with Crippen LogP contribution in [0.1, 0.15) is 17.3 Å². The number of nitrogens with one attached hydrogen (secondary N) is 1. The van der Waals surface area contributed by atoms with Crippen molar-refractivity contribution in [1.29, 1.82) is 0 Å². The summed E-state index contributed by atoms with van der Waals surface area (Å²) in [6.07, 6.45) is 0. The number of halogens is 1. The molecule has 0 aliphatic rings. The molecule has 20 heavy (non-hydrogen) atoms. The van der Waals surface area contributed by atoms with Crippen molar-refractivity contribution in [3.8, 4) is 0 Å². The van der Waals surface area contributed by atoms with Gasteiger partial charge in [0.1, 0.15) is 0 Å². The Morgan fingerprint density at radius 2 is 1.90 bits per heavy atom. The number of nitrogens with zero attached hydrogens (tertiary/aromatic N) is 1. The van der Waals surface area contributed by atoms with E-state index in [9.17, 15) is 9.59 Å². The molecule has 0 saturated heterocycles. The average molecular weight is 299 g/mol. The highest BCUT2D eigenvalue weighted by Gasteiger charge is 2.09. The van der Waals surface area contributed by atoms with Crippen LogP contribution in [0.5, 0.6) is 0 Å². The van der Waals surface area contributed by atoms with E-state index >= 15 is 0 Å². The molecule has 0 saturated carbocycles. The molecule has 1 rings (SSSR count). The van der Waals surface area contributed by atoms with Crippen LogP contribution in [0.2, 0.25) is 5.02 Å². The number of ether oxygens (including phenoxy) is 1. The maximum absolute atomic E-state index is 11.8. The highest BCUT2D eigenvalue weighted by Crippen LogP contribution is 2.09. The van der Waals surface area contributed by atoms with E-state index < -0.39 is 0 Å². The van der Waals surface area contributed by atoms with Gasteiger partial charge in [-0.1, -0.05) is 11.6 Å². The summed E-state index contributed by atoms with van der Waals surface area (Å²) in [7, 11) is 1.58. The predicted molar refractivity (Wildman–Crippen MR) is 77.9 cm³/mol. The number of carbonyl (C=O) groups is 2. The molecule has 5 nitrogen and oxygen atoms in total. The summed E-state index contributed by atoms with van der Waals surface area (Å²) in [6, 6.07) is 6.64. The summed E-state index contributed by atoms with van der Waals surface area (Å²) in [6.45, 7) is 3.34. The first-order chi connectivity index (χ1) is 9.54. The van der Waals surface area contributed by atoms with Crippen molar-refractivity contribution in [3.05, 3.63) is 34.9 Å². The van der Waals surface area contributed by atoms with E-state index in [-0.39, 0.29) is 11.8 Å². The van der Waals surface area contributed by atoms with Gasteiger partial charge in [0.25, 0.3) is 5.91 Å². The lowest BCUT2D eigenvalue weighted by atomic mass is 10.2. The molecule has 1 N–H and O–H groups in total. The fourth-order valence-corrected chi connectivity index (χ4v) is 1.76. The Balaban J connectivity index is 2.40. The van der Waals surface area contributed by atoms with Gasteiger partial charge in [-0.25, -0.2) is 0 Å².